The Morgan fingerprint density at radius 1 is 1.19 bits per heavy atom. The van der Waals surface area contributed by atoms with Gasteiger partial charge in [0.2, 0.25) is 11.0 Å². The van der Waals surface area contributed by atoms with Gasteiger partial charge in [-0.15, -0.1) is 11.3 Å². The Hall–Kier alpha value is -3.92. The summed E-state index contributed by atoms with van der Waals surface area (Å²) in [6.07, 6.45) is 4.72. The van der Waals surface area contributed by atoms with Crippen LogP contribution >= 0.6 is 22.1 Å². The van der Waals surface area contributed by atoms with E-state index in [0.29, 0.717) is 27.1 Å². The molecule has 2 amide bonds. The van der Waals surface area contributed by atoms with Gasteiger partial charge in [-0.3, -0.25) is 14.4 Å². The van der Waals surface area contributed by atoms with Crippen LogP contribution in [0.2, 0.25) is 0 Å². The van der Waals surface area contributed by atoms with Gasteiger partial charge >= 0.3 is 12.1 Å². The fourth-order valence-electron chi connectivity index (χ4n) is 4.96. The van der Waals surface area contributed by atoms with Crippen LogP contribution in [0.1, 0.15) is 69.3 Å². The third kappa shape index (κ3) is 8.95. The van der Waals surface area contributed by atoms with Crippen molar-refractivity contribution in [2.75, 3.05) is 0 Å². The van der Waals surface area contributed by atoms with Crippen molar-refractivity contribution in [1.29, 1.82) is 0 Å². The summed E-state index contributed by atoms with van der Waals surface area (Å²) in [6, 6.07) is 7.30. The molecule has 2 bridgehead atoms. The van der Waals surface area contributed by atoms with Crippen LogP contribution in [-0.2, 0) is 45.1 Å². The molecule has 0 radical (unpaired) electrons. The Bertz CT molecular complexity index is 1670. The van der Waals surface area contributed by atoms with Crippen LogP contribution in [0.25, 0.3) is 6.08 Å². The zero-order chi connectivity index (χ0) is 35.1. The topological polar surface area (TPSA) is 178 Å². The molecular formula is C33H37N3O9S3. The average Bonchev–Trinajstić information content (AvgIpc) is 3.58. The van der Waals surface area contributed by atoms with Crippen LogP contribution in [0.3, 0.4) is 0 Å². The van der Waals surface area contributed by atoms with E-state index < -0.39 is 73.7 Å². The molecule has 2 aliphatic heterocycles. The van der Waals surface area contributed by atoms with Crippen LogP contribution in [0.5, 0.6) is 0 Å². The maximum Gasteiger partial charge on any atom is 0.408 e. The van der Waals surface area contributed by atoms with Gasteiger partial charge in [0.1, 0.15) is 28.0 Å². The molecule has 1 fully saturated rings. The number of ketones is 1. The van der Waals surface area contributed by atoms with E-state index in [1.54, 1.807) is 55.6 Å². The summed E-state index contributed by atoms with van der Waals surface area (Å²) in [7, 11) is -1.48. The zero-order valence-electron chi connectivity index (χ0n) is 26.8. The molecule has 1 aromatic carbocycles. The number of rotatable bonds is 5. The molecule has 1 unspecified atom stereocenters. The van der Waals surface area contributed by atoms with Gasteiger partial charge in [-0.25, -0.2) is 18.8 Å². The number of aliphatic hydroxyl groups is 1. The number of aromatic nitrogens is 1. The fraction of sp³-hybridized carbons (Fsp3) is 0.394. The first-order chi connectivity index (χ1) is 22.7. The average molecular weight is 716 g/mol. The van der Waals surface area contributed by atoms with Crippen LogP contribution in [0, 0.1) is 0 Å². The van der Waals surface area contributed by atoms with Gasteiger partial charge in [-0.2, -0.15) is 0 Å². The minimum atomic E-state index is -2.09. The predicted molar refractivity (Wildman–Crippen MR) is 183 cm³/mol. The Balaban J connectivity index is 1.58. The maximum atomic E-state index is 13.4. The summed E-state index contributed by atoms with van der Waals surface area (Å²) in [5, 5.41) is 18.2. The molecule has 4 rings (SSSR count). The molecule has 1 saturated heterocycles. The number of esters is 1. The molecule has 0 aliphatic carbocycles. The van der Waals surface area contributed by atoms with Gasteiger partial charge in [0.05, 0.1) is 21.6 Å². The molecule has 48 heavy (non-hydrogen) atoms. The highest BCUT2D eigenvalue weighted by atomic mass is 33.1. The lowest BCUT2D eigenvalue weighted by molar-refractivity contribution is -0.152. The Morgan fingerprint density at radius 2 is 1.90 bits per heavy atom. The second kappa shape index (κ2) is 16.0. The predicted octanol–water partition coefficient (Wildman–Crippen LogP) is 4.24. The van der Waals surface area contributed by atoms with Crippen LogP contribution in [0.4, 0.5) is 4.79 Å². The monoisotopic (exact) mass is 715 g/mol. The summed E-state index contributed by atoms with van der Waals surface area (Å²) in [4.78, 5) is 69.1. The number of thiazole rings is 1. The summed E-state index contributed by atoms with van der Waals surface area (Å²) in [6.45, 7) is 6.02. The first-order valence-corrected chi connectivity index (χ1v) is 18.4. The third-order valence-electron chi connectivity index (χ3n) is 7.91. The maximum absolute atomic E-state index is 13.4. The van der Waals surface area contributed by atoms with Gasteiger partial charge in [0.25, 0.3) is 0 Å². The van der Waals surface area contributed by atoms with E-state index in [9.17, 15) is 33.3 Å². The second-order valence-electron chi connectivity index (χ2n) is 11.7. The van der Waals surface area contributed by atoms with Gasteiger partial charge in [-0.05, 0) is 64.3 Å². The van der Waals surface area contributed by atoms with E-state index in [-0.39, 0.29) is 19.4 Å². The molecular weight excluding hydrogens is 679 g/mol. The number of hydrogen-bond donors (Lipinski definition) is 3. The number of ether oxygens (including phenoxy) is 2. The van der Waals surface area contributed by atoms with E-state index in [1.165, 1.54) is 43.4 Å². The molecule has 256 valence electrons. The number of amides is 2. The van der Waals surface area contributed by atoms with Crippen molar-refractivity contribution >= 4 is 66.9 Å². The van der Waals surface area contributed by atoms with Crippen LogP contribution in [0.15, 0.2) is 65.6 Å². The van der Waals surface area contributed by atoms with E-state index in [2.05, 4.69) is 15.6 Å². The van der Waals surface area contributed by atoms with Crippen LogP contribution in [-0.4, -0.2) is 65.7 Å². The van der Waals surface area contributed by atoms with E-state index in [1.807, 2.05) is 6.07 Å². The van der Waals surface area contributed by atoms with Crippen LogP contribution < -0.4 is 10.6 Å². The van der Waals surface area contributed by atoms with Gasteiger partial charge < -0.3 is 25.2 Å². The molecule has 1 spiro atoms. The molecule has 3 N–H and O–H groups in total. The zero-order valence-corrected chi connectivity index (χ0v) is 29.2. The van der Waals surface area contributed by atoms with Crippen molar-refractivity contribution in [2.24, 2.45) is 0 Å². The molecule has 15 heteroatoms. The minimum Gasteiger partial charge on any atom is -0.448 e. The highest BCUT2D eigenvalue weighted by molar-refractivity contribution is 8.76. The number of nitrogens with one attached hydrogen (secondary N) is 2. The lowest BCUT2D eigenvalue weighted by Crippen LogP contribution is -2.55. The number of benzene rings is 1. The van der Waals surface area contributed by atoms with Crippen molar-refractivity contribution in [3.05, 3.63) is 81.9 Å². The first kappa shape index (κ1) is 36.9. The van der Waals surface area contributed by atoms with E-state index in [4.69, 9.17) is 9.47 Å². The molecule has 2 aliphatic rings. The van der Waals surface area contributed by atoms with E-state index in [0.717, 1.165) is 5.56 Å². The van der Waals surface area contributed by atoms with Crippen molar-refractivity contribution in [3.63, 3.8) is 0 Å². The Morgan fingerprint density at radius 3 is 2.58 bits per heavy atom. The molecule has 1 aromatic heterocycles. The van der Waals surface area contributed by atoms with Crippen molar-refractivity contribution in [3.8, 4) is 0 Å². The lowest BCUT2D eigenvalue weighted by atomic mass is 9.81. The molecule has 0 saturated carbocycles. The Kier molecular flexibility index (Phi) is 12.3. The minimum absolute atomic E-state index is 0.0119. The van der Waals surface area contributed by atoms with Crippen molar-refractivity contribution in [1.82, 2.24) is 15.6 Å². The molecule has 2 aromatic rings. The number of alkyl carbamates (subject to hydrolysis) is 1. The Labute approximate surface area is 288 Å². The quantitative estimate of drug-likeness (QED) is 0.229. The van der Waals surface area contributed by atoms with Gasteiger partial charge in [0, 0.05) is 22.6 Å². The number of carbonyl (C=O) groups excluding carboxylic acids is 5. The first-order valence-electron chi connectivity index (χ1n) is 15.1. The van der Waals surface area contributed by atoms with Gasteiger partial charge in [0.15, 0.2) is 11.9 Å². The molecule has 6 atom stereocenters. The SMILES string of the molecule is C/C1=C\[C@@H](OC(=O)[C@@H](C)NC(=O)OCc2ccccc2)C(=O)/C=C/C=C\c2csc(n2)[C@H](C)NC(=O)C[C@@]2(CC1)S(=O)SC(=O)[C@]2(C)O. The smallest absolute Gasteiger partial charge is 0.408 e. The number of allylic oxidation sites excluding steroid dienone is 3. The number of carbonyl (C=O) groups is 5. The fourth-order valence-corrected chi connectivity index (χ4v) is 9.70. The summed E-state index contributed by atoms with van der Waals surface area (Å²) < 4.78 is 22.4. The standard InChI is InChI=1S/C33H37N3O9S3/c1-20-14-15-33(32(4,42)30(40)47-48(33)43)17-27(38)34-21(2)28-36-24(19-46-28)12-8-9-13-25(37)26(16-20)45-29(39)22(3)35-31(41)44-18-23-10-6-5-7-11-23/h5-13,16,19,21-22,26,42H,14-15,17-18H2,1-4H3,(H,34,38)(H,35,41)/b12-8-,13-9+,20-16+/t21-,22+,26+,32-,33+,48?/m0/s1. The normalized spacial score (nSPS) is 29.8. The third-order valence-corrected chi connectivity index (χ3v) is 12.9. The highest BCUT2D eigenvalue weighted by Gasteiger charge is 2.63. The highest BCUT2D eigenvalue weighted by Crippen LogP contribution is 2.50. The summed E-state index contributed by atoms with van der Waals surface area (Å²) in [5.74, 6) is -2.01. The largest absolute Gasteiger partial charge is 0.448 e. The number of hydrogen-bond acceptors (Lipinski definition) is 12. The number of fused-ring (bicyclic) bond motifs is 2. The second-order valence-corrected chi connectivity index (χ2v) is 15.8. The summed E-state index contributed by atoms with van der Waals surface area (Å²) >= 11 is 1.31. The molecule has 12 nitrogen and oxygen atoms in total. The summed E-state index contributed by atoms with van der Waals surface area (Å²) in [5.41, 5.74) is -0.256. The molecule has 3 heterocycles. The number of nitrogens with zero attached hydrogens (tertiary/aromatic N) is 1. The van der Waals surface area contributed by atoms with E-state index >= 15 is 0 Å². The van der Waals surface area contributed by atoms with Crippen molar-refractivity contribution in [2.45, 2.75) is 82.1 Å². The van der Waals surface area contributed by atoms with Crippen molar-refractivity contribution < 1.29 is 42.8 Å². The van der Waals surface area contributed by atoms with Gasteiger partial charge in [-0.1, -0.05) is 48.1 Å². The lowest BCUT2D eigenvalue weighted by Gasteiger charge is -2.36.